The number of rotatable bonds is 5. The Hall–Kier alpha value is -3.87. The number of hydrogen-bond acceptors (Lipinski definition) is 5. The SMILES string of the molecule is C[C@H]1CCc2c(ccc3c2nc(CCn2cccn2)n3CC(=O)N2CCC(C#N)CC2)N1C(=O)O. The van der Waals surface area contributed by atoms with Gasteiger partial charge in [0.2, 0.25) is 5.91 Å². The molecule has 0 saturated carbocycles. The van der Waals surface area contributed by atoms with Crippen molar-refractivity contribution in [3.63, 3.8) is 0 Å². The summed E-state index contributed by atoms with van der Waals surface area (Å²) >= 11 is 0. The summed E-state index contributed by atoms with van der Waals surface area (Å²) in [5.74, 6) is 0.813. The summed E-state index contributed by atoms with van der Waals surface area (Å²) in [5.41, 5.74) is 3.22. The van der Waals surface area contributed by atoms with Gasteiger partial charge in [-0.05, 0) is 50.8 Å². The third-order valence-electron chi connectivity index (χ3n) is 7.25. The van der Waals surface area contributed by atoms with Crippen molar-refractivity contribution in [2.45, 2.75) is 58.2 Å². The number of aromatic nitrogens is 4. The third-order valence-corrected chi connectivity index (χ3v) is 7.25. The van der Waals surface area contributed by atoms with Crippen LogP contribution in [0.25, 0.3) is 11.0 Å². The smallest absolute Gasteiger partial charge is 0.412 e. The summed E-state index contributed by atoms with van der Waals surface area (Å²) in [6, 6.07) is 7.82. The fourth-order valence-corrected chi connectivity index (χ4v) is 5.28. The summed E-state index contributed by atoms with van der Waals surface area (Å²) in [4.78, 5) is 33.4. The lowest BCUT2D eigenvalue weighted by Crippen LogP contribution is -2.41. The van der Waals surface area contributed by atoms with E-state index in [1.807, 2.05) is 45.5 Å². The molecule has 5 rings (SSSR count). The average molecular weight is 476 g/mol. The Morgan fingerprint density at radius 2 is 2.03 bits per heavy atom. The Morgan fingerprint density at radius 3 is 2.71 bits per heavy atom. The highest BCUT2D eigenvalue weighted by Crippen LogP contribution is 2.36. The summed E-state index contributed by atoms with van der Waals surface area (Å²) in [5, 5.41) is 23.2. The zero-order chi connectivity index (χ0) is 24.5. The molecule has 0 spiro atoms. The predicted octanol–water partition coefficient (Wildman–Crippen LogP) is 3.06. The Morgan fingerprint density at radius 1 is 1.23 bits per heavy atom. The van der Waals surface area contributed by atoms with E-state index in [0.717, 1.165) is 35.3 Å². The quantitative estimate of drug-likeness (QED) is 0.606. The Labute approximate surface area is 203 Å². The number of piperidine rings is 1. The van der Waals surface area contributed by atoms with Crippen molar-refractivity contribution in [1.29, 1.82) is 5.26 Å². The highest BCUT2D eigenvalue weighted by atomic mass is 16.4. The van der Waals surface area contributed by atoms with Crippen LogP contribution in [0.1, 0.15) is 37.6 Å². The van der Waals surface area contributed by atoms with E-state index in [2.05, 4.69) is 11.2 Å². The van der Waals surface area contributed by atoms with Gasteiger partial charge >= 0.3 is 6.09 Å². The zero-order valence-corrected chi connectivity index (χ0v) is 19.8. The van der Waals surface area contributed by atoms with Gasteiger partial charge in [-0.1, -0.05) is 0 Å². The molecule has 1 atom stereocenters. The monoisotopic (exact) mass is 475 g/mol. The predicted molar refractivity (Wildman–Crippen MR) is 129 cm³/mol. The van der Waals surface area contributed by atoms with Crippen LogP contribution in [0.15, 0.2) is 30.6 Å². The van der Waals surface area contributed by atoms with E-state index in [1.165, 1.54) is 4.90 Å². The fraction of sp³-hybridized carbons (Fsp3) is 0.480. The standard InChI is InChI=1S/C25H29N7O3/c1-17-3-4-19-20(32(17)25(34)35)5-6-21-24(19)28-22(9-14-30-11-2-10-27-30)31(21)16-23(33)29-12-7-18(15-26)8-13-29/h2,5-6,10-11,17-18H,3-4,7-9,12-14,16H2,1H3,(H,34,35)/t17-/m0/s1. The van der Waals surface area contributed by atoms with Gasteiger partial charge in [-0.15, -0.1) is 0 Å². The van der Waals surface area contributed by atoms with Gasteiger partial charge in [0.15, 0.2) is 0 Å². The molecule has 1 aromatic carbocycles. The molecule has 0 bridgehead atoms. The van der Waals surface area contributed by atoms with Crippen LogP contribution in [0.2, 0.25) is 0 Å². The molecule has 3 aromatic rings. The first kappa shape index (κ1) is 22.9. The lowest BCUT2D eigenvalue weighted by molar-refractivity contribution is -0.133. The van der Waals surface area contributed by atoms with Crippen LogP contribution in [0.3, 0.4) is 0 Å². The van der Waals surface area contributed by atoms with Crippen molar-refractivity contribution in [2.24, 2.45) is 5.92 Å². The van der Waals surface area contributed by atoms with Crippen molar-refractivity contribution >= 4 is 28.7 Å². The number of carbonyl (C=O) groups is 2. The molecule has 10 heteroatoms. The number of nitrogens with zero attached hydrogens (tertiary/aromatic N) is 7. The van der Waals surface area contributed by atoms with Gasteiger partial charge in [0.1, 0.15) is 12.4 Å². The maximum atomic E-state index is 13.3. The number of amides is 2. The van der Waals surface area contributed by atoms with E-state index < -0.39 is 6.09 Å². The molecule has 35 heavy (non-hydrogen) atoms. The minimum absolute atomic E-state index is 0.0135. The van der Waals surface area contributed by atoms with Crippen LogP contribution < -0.4 is 4.90 Å². The number of benzene rings is 1. The lowest BCUT2D eigenvalue weighted by Gasteiger charge is -2.33. The molecule has 2 amide bonds. The molecule has 0 radical (unpaired) electrons. The van der Waals surface area contributed by atoms with Crippen molar-refractivity contribution < 1.29 is 14.7 Å². The number of nitriles is 1. The summed E-state index contributed by atoms with van der Waals surface area (Å²) < 4.78 is 3.81. The molecule has 10 nitrogen and oxygen atoms in total. The van der Waals surface area contributed by atoms with E-state index in [1.54, 1.807) is 6.20 Å². The van der Waals surface area contributed by atoms with Gasteiger partial charge in [0.25, 0.3) is 0 Å². The molecule has 2 aliphatic heterocycles. The number of aryl methyl sites for hydroxylation is 3. The second-order valence-electron chi connectivity index (χ2n) is 9.39. The molecule has 1 saturated heterocycles. The van der Waals surface area contributed by atoms with Gasteiger partial charge in [-0.2, -0.15) is 10.4 Å². The minimum Gasteiger partial charge on any atom is -0.465 e. The van der Waals surface area contributed by atoms with Crippen LogP contribution in [-0.4, -0.2) is 60.5 Å². The van der Waals surface area contributed by atoms with Crippen molar-refractivity contribution in [2.75, 3.05) is 18.0 Å². The van der Waals surface area contributed by atoms with E-state index in [9.17, 15) is 14.7 Å². The number of anilines is 1. The van der Waals surface area contributed by atoms with Crippen molar-refractivity contribution in [3.05, 3.63) is 42.0 Å². The fourth-order valence-electron chi connectivity index (χ4n) is 5.28. The number of likely N-dealkylation sites (tertiary alicyclic amines) is 1. The molecule has 0 unspecified atom stereocenters. The van der Waals surface area contributed by atoms with E-state index in [4.69, 9.17) is 10.2 Å². The zero-order valence-electron chi connectivity index (χ0n) is 19.8. The molecule has 0 aliphatic carbocycles. The van der Waals surface area contributed by atoms with E-state index >= 15 is 0 Å². The summed E-state index contributed by atoms with van der Waals surface area (Å²) in [6.07, 6.45) is 6.12. The highest BCUT2D eigenvalue weighted by Gasteiger charge is 2.31. The first-order valence-electron chi connectivity index (χ1n) is 12.1. The molecule has 182 valence electrons. The maximum absolute atomic E-state index is 13.3. The third kappa shape index (κ3) is 4.34. The molecular weight excluding hydrogens is 446 g/mol. The highest BCUT2D eigenvalue weighted by molar-refractivity contribution is 5.95. The second kappa shape index (κ2) is 9.41. The normalized spacial score (nSPS) is 18.5. The molecule has 2 aromatic heterocycles. The average Bonchev–Trinajstić information content (AvgIpc) is 3.50. The Bertz CT molecular complexity index is 1280. The molecule has 1 N–H and O–H groups in total. The first-order valence-corrected chi connectivity index (χ1v) is 12.1. The van der Waals surface area contributed by atoms with Crippen LogP contribution in [0.5, 0.6) is 0 Å². The maximum Gasteiger partial charge on any atom is 0.412 e. The summed E-state index contributed by atoms with van der Waals surface area (Å²) in [7, 11) is 0. The van der Waals surface area contributed by atoms with Gasteiger partial charge in [0.05, 0.1) is 22.8 Å². The van der Waals surface area contributed by atoms with Crippen molar-refractivity contribution in [1.82, 2.24) is 24.2 Å². The van der Waals surface area contributed by atoms with Gasteiger partial charge in [-0.3, -0.25) is 14.4 Å². The molecule has 4 heterocycles. The number of imidazole rings is 1. The topological polar surface area (TPSA) is 120 Å². The lowest BCUT2D eigenvalue weighted by atomic mass is 9.96. The molecular formula is C25H29N7O3. The van der Waals surface area contributed by atoms with Crippen LogP contribution >= 0.6 is 0 Å². The summed E-state index contributed by atoms with van der Waals surface area (Å²) in [6.45, 7) is 3.89. The molecule has 2 aliphatic rings. The van der Waals surface area contributed by atoms with E-state index in [0.29, 0.717) is 44.6 Å². The van der Waals surface area contributed by atoms with Gasteiger partial charge in [0, 0.05) is 56.0 Å². The van der Waals surface area contributed by atoms with E-state index in [-0.39, 0.29) is 24.4 Å². The second-order valence-corrected chi connectivity index (χ2v) is 9.39. The van der Waals surface area contributed by atoms with Crippen LogP contribution in [0, 0.1) is 17.2 Å². The minimum atomic E-state index is -0.966. The number of carboxylic acid groups (broad SMARTS) is 1. The van der Waals surface area contributed by atoms with Crippen molar-refractivity contribution in [3.8, 4) is 6.07 Å². The van der Waals surface area contributed by atoms with Gasteiger partial charge < -0.3 is 14.6 Å². The number of hydrogen-bond donors (Lipinski definition) is 1. The molecule has 1 fully saturated rings. The Balaban J connectivity index is 1.50. The first-order chi connectivity index (χ1) is 17.0. The number of carbonyl (C=O) groups excluding carboxylic acids is 1. The largest absolute Gasteiger partial charge is 0.465 e. The Kier molecular flexibility index (Phi) is 6.16. The van der Waals surface area contributed by atoms with Crippen LogP contribution in [-0.2, 0) is 30.7 Å². The van der Waals surface area contributed by atoms with Gasteiger partial charge in [-0.25, -0.2) is 9.78 Å². The van der Waals surface area contributed by atoms with Crippen LogP contribution in [0.4, 0.5) is 10.5 Å². The number of fused-ring (bicyclic) bond motifs is 3.